The molecule has 0 N–H and O–H groups in total. The van der Waals surface area contributed by atoms with Gasteiger partial charge in [0.15, 0.2) is 11.5 Å². The molecule has 1 amide bonds. The Morgan fingerprint density at radius 1 is 0.969 bits per heavy atom. The number of rotatable bonds is 4. The lowest BCUT2D eigenvalue weighted by atomic mass is 9.87. The first-order valence-corrected chi connectivity index (χ1v) is 12.2. The van der Waals surface area contributed by atoms with Gasteiger partial charge < -0.3 is 14.2 Å². The summed E-state index contributed by atoms with van der Waals surface area (Å²) in [6.07, 6.45) is 0. The fourth-order valence-electron chi connectivity index (χ4n) is 3.72. The molecular weight excluding hydrogens is 418 g/mol. The first-order valence-electron chi connectivity index (χ1n) is 11.0. The second kappa shape index (κ2) is 9.02. The molecule has 0 aliphatic carbocycles. The number of nitrogens with zero attached hydrogens (tertiary/aromatic N) is 3. The zero-order valence-electron chi connectivity index (χ0n) is 19.5. The second-order valence-corrected chi connectivity index (χ2v) is 10.6. The zero-order chi connectivity index (χ0) is 22.9. The first kappa shape index (κ1) is 22.5. The molecule has 1 aromatic heterocycles. The molecule has 1 aliphatic rings. The third-order valence-corrected chi connectivity index (χ3v) is 6.71. The van der Waals surface area contributed by atoms with E-state index in [2.05, 4.69) is 32.9 Å². The van der Waals surface area contributed by atoms with Crippen molar-refractivity contribution in [1.29, 1.82) is 0 Å². The van der Waals surface area contributed by atoms with Gasteiger partial charge in [0.2, 0.25) is 5.89 Å². The highest BCUT2D eigenvalue weighted by atomic mass is 32.2. The molecule has 0 saturated carbocycles. The van der Waals surface area contributed by atoms with Gasteiger partial charge in [0.1, 0.15) is 0 Å². The highest BCUT2D eigenvalue weighted by Crippen LogP contribution is 2.33. The van der Waals surface area contributed by atoms with Crippen LogP contribution in [0.1, 0.15) is 36.8 Å². The van der Waals surface area contributed by atoms with Crippen LogP contribution < -0.4 is 4.90 Å². The van der Waals surface area contributed by atoms with Crippen LogP contribution in [0.5, 0.6) is 0 Å². The van der Waals surface area contributed by atoms with Crippen molar-refractivity contribution < 1.29 is 9.21 Å². The van der Waals surface area contributed by atoms with Crippen molar-refractivity contribution in [3.63, 3.8) is 0 Å². The first-order chi connectivity index (χ1) is 15.2. The number of amides is 1. The molecule has 1 saturated heterocycles. The Hall–Kier alpha value is -2.73. The number of oxazole rings is 1. The lowest BCUT2D eigenvalue weighted by molar-refractivity contribution is 0.0767. The molecule has 4 rings (SSSR count). The maximum atomic E-state index is 13.4. The Balaban J connectivity index is 1.75. The zero-order valence-corrected chi connectivity index (χ0v) is 20.3. The van der Waals surface area contributed by atoms with Crippen LogP contribution in [0, 0.1) is 0 Å². The highest BCUT2D eigenvalue weighted by molar-refractivity contribution is 7.99. The fraction of sp³-hybridized carbons (Fsp3) is 0.385. The van der Waals surface area contributed by atoms with E-state index in [1.807, 2.05) is 72.1 Å². The number of benzene rings is 2. The van der Waals surface area contributed by atoms with Gasteiger partial charge in [0.05, 0.1) is 0 Å². The SMILES string of the molecule is CN(C)c1ccc(-c2oc(-c3ccc(C(C)(C)C)cc3)nc2C(=O)N2CCSCC2)cc1. The van der Waals surface area contributed by atoms with Crippen LogP contribution in [0.2, 0.25) is 0 Å². The molecule has 2 aromatic carbocycles. The Kier molecular flexibility index (Phi) is 6.33. The largest absolute Gasteiger partial charge is 0.435 e. The van der Waals surface area contributed by atoms with Gasteiger partial charge >= 0.3 is 0 Å². The minimum absolute atomic E-state index is 0.0571. The summed E-state index contributed by atoms with van der Waals surface area (Å²) >= 11 is 1.88. The van der Waals surface area contributed by atoms with E-state index >= 15 is 0 Å². The average Bonchev–Trinajstić information content (AvgIpc) is 3.24. The molecule has 32 heavy (non-hydrogen) atoms. The Bertz CT molecular complexity index is 1070. The van der Waals surface area contributed by atoms with Crippen LogP contribution >= 0.6 is 11.8 Å². The van der Waals surface area contributed by atoms with E-state index in [4.69, 9.17) is 9.40 Å². The molecule has 1 fully saturated rings. The molecule has 0 unspecified atom stereocenters. The molecule has 6 heteroatoms. The molecule has 168 valence electrons. The fourth-order valence-corrected chi connectivity index (χ4v) is 4.63. The predicted octanol–water partition coefficient (Wildman–Crippen LogP) is 5.56. The third-order valence-electron chi connectivity index (χ3n) is 5.77. The predicted molar refractivity (Wildman–Crippen MR) is 134 cm³/mol. The number of carbonyl (C=O) groups is 1. The van der Waals surface area contributed by atoms with Gasteiger partial charge in [0.25, 0.3) is 5.91 Å². The van der Waals surface area contributed by atoms with E-state index in [0.717, 1.165) is 41.4 Å². The number of carbonyl (C=O) groups excluding carboxylic acids is 1. The van der Waals surface area contributed by atoms with E-state index in [0.29, 0.717) is 17.3 Å². The molecule has 0 bridgehead atoms. The van der Waals surface area contributed by atoms with Crippen molar-refractivity contribution in [1.82, 2.24) is 9.88 Å². The number of thioether (sulfide) groups is 1. The van der Waals surface area contributed by atoms with Crippen LogP contribution in [0.15, 0.2) is 52.9 Å². The van der Waals surface area contributed by atoms with Crippen LogP contribution in [-0.4, -0.2) is 54.5 Å². The maximum Gasteiger partial charge on any atom is 0.276 e. The van der Waals surface area contributed by atoms with Gasteiger partial charge in [-0.2, -0.15) is 11.8 Å². The van der Waals surface area contributed by atoms with Crippen molar-refractivity contribution in [2.24, 2.45) is 0 Å². The summed E-state index contributed by atoms with van der Waals surface area (Å²) in [5, 5.41) is 0. The summed E-state index contributed by atoms with van der Waals surface area (Å²) in [6.45, 7) is 8.05. The molecule has 5 nitrogen and oxygen atoms in total. The lowest BCUT2D eigenvalue weighted by Gasteiger charge is -2.25. The standard InChI is InChI=1S/C26H31N3O2S/c1-26(2,3)20-10-6-19(7-11-20)24-27-22(25(30)29-14-16-32-17-15-29)23(31-24)18-8-12-21(13-9-18)28(4)5/h6-13H,14-17H2,1-5H3. The van der Waals surface area contributed by atoms with Crippen molar-refractivity contribution in [3.8, 4) is 22.8 Å². The smallest absolute Gasteiger partial charge is 0.276 e. The minimum atomic E-state index is -0.0571. The van der Waals surface area contributed by atoms with Crippen molar-refractivity contribution in [2.75, 3.05) is 43.6 Å². The van der Waals surface area contributed by atoms with Crippen molar-refractivity contribution >= 4 is 23.4 Å². The summed E-state index contributed by atoms with van der Waals surface area (Å²) in [5.41, 5.74) is 4.53. The summed E-state index contributed by atoms with van der Waals surface area (Å²) in [7, 11) is 4.01. The monoisotopic (exact) mass is 449 g/mol. The Labute approximate surface area is 194 Å². The normalized spacial score (nSPS) is 14.5. The van der Waals surface area contributed by atoms with Gasteiger partial charge in [-0.3, -0.25) is 4.79 Å². The molecule has 1 aliphatic heterocycles. The van der Waals surface area contributed by atoms with E-state index in [1.54, 1.807) is 0 Å². The highest BCUT2D eigenvalue weighted by Gasteiger charge is 2.27. The van der Waals surface area contributed by atoms with E-state index in [9.17, 15) is 4.79 Å². The van der Waals surface area contributed by atoms with E-state index in [-0.39, 0.29) is 11.3 Å². The molecular formula is C26H31N3O2S. The van der Waals surface area contributed by atoms with Gasteiger partial charge in [-0.05, 0) is 47.4 Å². The topological polar surface area (TPSA) is 49.6 Å². The quantitative estimate of drug-likeness (QED) is 0.522. The summed E-state index contributed by atoms with van der Waals surface area (Å²) < 4.78 is 6.25. The van der Waals surface area contributed by atoms with Crippen molar-refractivity contribution in [2.45, 2.75) is 26.2 Å². The molecule has 0 atom stereocenters. The van der Waals surface area contributed by atoms with Gasteiger partial charge in [0, 0.05) is 55.5 Å². The average molecular weight is 450 g/mol. The molecule has 2 heterocycles. The maximum absolute atomic E-state index is 13.4. The van der Waals surface area contributed by atoms with E-state index < -0.39 is 0 Å². The Morgan fingerprint density at radius 2 is 1.56 bits per heavy atom. The molecule has 3 aromatic rings. The van der Waals surface area contributed by atoms with Crippen LogP contribution in [0.3, 0.4) is 0 Å². The van der Waals surface area contributed by atoms with Crippen LogP contribution in [-0.2, 0) is 5.41 Å². The summed E-state index contributed by atoms with van der Waals surface area (Å²) in [6, 6.07) is 16.3. The van der Waals surface area contributed by atoms with Gasteiger partial charge in [-0.1, -0.05) is 32.9 Å². The third kappa shape index (κ3) is 4.70. The number of anilines is 1. The van der Waals surface area contributed by atoms with E-state index in [1.165, 1.54) is 5.56 Å². The van der Waals surface area contributed by atoms with Crippen LogP contribution in [0.4, 0.5) is 5.69 Å². The summed E-state index contributed by atoms with van der Waals surface area (Å²) in [5.74, 6) is 2.87. The summed E-state index contributed by atoms with van der Waals surface area (Å²) in [4.78, 5) is 22.0. The molecule has 0 spiro atoms. The van der Waals surface area contributed by atoms with Gasteiger partial charge in [-0.15, -0.1) is 0 Å². The number of hydrogen-bond donors (Lipinski definition) is 0. The van der Waals surface area contributed by atoms with Crippen molar-refractivity contribution in [3.05, 3.63) is 59.8 Å². The minimum Gasteiger partial charge on any atom is -0.435 e. The van der Waals surface area contributed by atoms with Crippen LogP contribution in [0.25, 0.3) is 22.8 Å². The number of aromatic nitrogens is 1. The van der Waals surface area contributed by atoms with Gasteiger partial charge in [-0.25, -0.2) is 4.98 Å². The number of hydrogen-bond acceptors (Lipinski definition) is 5. The lowest BCUT2D eigenvalue weighted by Crippen LogP contribution is -2.38. The molecule has 0 radical (unpaired) electrons. The second-order valence-electron chi connectivity index (χ2n) is 9.37. The Morgan fingerprint density at radius 3 is 2.12 bits per heavy atom.